The number of hydrogen-bond acceptors (Lipinski definition) is 5. The molecule has 9 heteroatoms. The van der Waals surface area contributed by atoms with Crippen LogP contribution in [-0.4, -0.2) is 30.2 Å². The third-order valence-electron chi connectivity index (χ3n) is 6.39. The van der Waals surface area contributed by atoms with Crippen LogP contribution in [0.2, 0.25) is 5.02 Å². The molecule has 0 radical (unpaired) electrons. The summed E-state index contributed by atoms with van der Waals surface area (Å²) >= 11 is 6.15. The zero-order valence-corrected chi connectivity index (χ0v) is 19.8. The van der Waals surface area contributed by atoms with Gasteiger partial charge in [0.2, 0.25) is 5.95 Å². The lowest BCUT2D eigenvalue weighted by Gasteiger charge is -2.35. The summed E-state index contributed by atoms with van der Waals surface area (Å²) in [6, 6.07) is 12.2. The van der Waals surface area contributed by atoms with Crippen molar-refractivity contribution in [1.29, 1.82) is 0 Å². The first-order valence-electron chi connectivity index (χ1n) is 11.4. The van der Waals surface area contributed by atoms with Crippen molar-refractivity contribution >= 4 is 23.2 Å². The fraction of sp³-hybridized carbons (Fsp3) is 0.269. The number of anilines is 2. The van der Waals surface area contributed by atoms with Crippen molar-refractivity contribution in [3.63, 3.8) is 0 Å². The fourth-order valence-electron chi connectivity index (χ4n) is 4.49. The predicted molar refractivity (Wildman–Crippen MR) is 131 cm³/mol. The maximum atomic E-state index is 13.6. The third-order valence-corrected chi connectivity index (χ3v) is 6.71. The lowest BCUT2D eigenvalue weighted by Crippen LogP contribution is -2.31. The predicted octanol–water partition coefficient (Wildman–Crippen LogP) is 6.55. The number of imidazole rings is 1. The number of hydrogen-bond donors (Lipinski definition) is 2. The van der Waals surface area contributed by atoms with E-state index < -0.39 is 11.4 Å². The molecule has 2 aromatic heterocycles. The van der Waals surface area contributed by atoms with Crippen molar-refractivity contribution in [2.75, 3.05) is 5.32 Å². The second-order valence-corrected chi connectivity index (χ2v) is 9.49. The van der Waals surface area contributed by atoms with Gasteiger partial charge in [-0.1, -0.05) is 11.6 Å². The number of rotatable bonds is 5. The SMILES string of the molecule is CC1(O)CCC(n2c(-c3ccnc(Nc4ccc(F)cc4Cl)n3)cnc2-c2ccc(F)cc2)CC1. The molecule has 0 saturated heterocycles. The Bertz CT molecular complexity index is 1350. The highest BCUT2D eigenvalue weighted by molar-refractivity contribution is 6.33. The minimum atomic E-state index is -0.687. The van der Waals surface area contributed by atoms with Gasteiger partial charge in [-0.25, -0.2) is 23.7 Å². The molecule has 0 aliphatic heterocycles. The fourth-order valence-corrected chi connectivity index (χ4v) is 4.70. The summed E-state index contributed by atoms with van der Waals surface area (Å²) < 4.78 is 29.1. The smallest absolute Gasteiger partial charge is 0.227 e. The van der Waals surface area contributed by atoms with Gasteiger partial charge in [-0.05, 0) is 81.1 Å². The highest BCUT2D eigenvalue weighted by Gasteiger charge is 2.32. The lowest BCUT2D eigenvalue weighted by atomic mass is 9.83. The van der Waals surface area contributed by atoms with E-state index in [1.807, 2.05) is 6.92 Å². The Hall–Kier alpha value is -3.36. The molecule has 6 nitrogen and oxygen atoms in total. The zero-order chi connectivity index (χ0) is 24.6. The van der Waals surface area contributed by atoms with E-state index in [1.165, 1.54) is 30.3 Å². The molecular weight excluding hydrogens is 472 g/mol. The summed E-state index contributed by atoms with van der Waals surface area (Å²) in [6.45, 7) is 1.86. The van der Waals surface area contributed by atoms with Gasteiger partial charge in [-0.15, -0.1) is 0 Å². The Balaban J connectivity index is 1.54. The first-order chi connectivity index (χ1) is 16.8. The number of nitrogens with one attached hydrogen (secondary N) is 1. The van der Waals surface area contributed by atoms with Gasteiger partial charge in [0.05, 0.1) is 33.9 Å². The van der Waals surface area contributed by atoms with Gasteiger partial charge in [0.25, 0.3) is 0 Å². The number of halogens is 3. The Kier molecular flexibility index (Phi) is 6.25. The van der Waals surface area contributed by atoms with Gasteiger partial charge in [0.15, 0.2) is 0 Å². The van der Waals surface area contributed by atoms with E-state index in [0.717, 1.165) is 24.1 Å². The topological polar surface area (TPSA) is 75.9 Å². The van der Waals surface area contributed by atoms with Crippen molar-refractivity contribution in [3.05, 3.63) is 77.6 Å². The standard InChI is InChI=1S/C26H24ClF2N5O/c1-26(35)11-8-19(9-12-26)34-23(15-31-24(34)16-2-4-17(28)5-3-16)22-10-13-30-25(33-22)32-21-7-6-18(29)14-20(21)27/h2-7,10,13-15,19,35H,8-9,11-12H2,1H3,(H,30,32,33). The molecule has 1 aliphatic rings. The Morgan fingerprint density at radius 3 is 2.46 bits per heavy atom. The van der Waals surface area contributed by atoms with Crippen LogP contribution in [0.1, 0.15) is 38.6 Å². The number of aliphatic hydroxyl groups is 1. The molecule has 180 valence electrons. The van der Waals surface area contributed by atoms with Crippen LogP contribution >= 0.6 is 11.6 Å². The van der Waals surface area contributed by atoms with Crippen molar-refractivity contribution in [2.24, 2.45) is 0 Å². The minimum Gasteiger partial charge on any atom is -0.390 e. The first-order valence-corrected chi connectivity index (χ1v) is 11.8. The molecule has 4 aromatic rings. The monoisotopic (exact) mass is 495 g/mol. The molecule has 2 aromatic carbocycles. The highest BCUT2D eigenvalue weighted by atomic mass is 35.5. The molecule has 1 fully saturated rings. The van der Waals surface area contributed by atoms with Crippen LogP contribution in [0.3, 0.4) is 0 Å². The van der Waals surface area contributed by atoms with E-state index in [9.17, 15) is 13.9 Å². The summed E-state index contributed by atoms with van der Waals surface area (Å²) in [6.07, 6.45) is 6.25. The van der Waals surface area contributed by atoms with Crippen LogP contribution in [0.25, 0.3) is 22.8 Å². The van der Waals surface area contributed by atoms with Crippen LogP contribution in [0.15, 0.2) is 60.9 Å². The summed E-state index contributed by atoms with van der Waals surface area (Å²) in [5, 5.41) is 13.7. The van der Waals surface area contributed by atoms with E-state index in [4.69, 9.17) is 11.6 Å². The van der Waals surface area contributed by atoms with Crippen LogP contribution < -0.4 is 5.32 Å². The average molecular weight is 496 g/mol. The van der Waals surface area contributed by atoms with Crippen molar-refractivity contribution < 1.29 is 13.9 Å². The highest BCUT2D eigenvalue weighted by Crippen LogP contribution is 2.40. The Morgan fingerprint density at radius 2 is 1.74 bits per heavy atom. The van der Waals surface area contributed by atoms with Crippen LogP contribution in [0.4, 0.5) is 20.4 Å². The molecule has 0 atom stereocenters. The van der Waals surface area contributed by atoms with Crippen LogP contribution in [0.5, 0.6) is 0 Å². The van der Waals surface area contributed by atoms with E-state index in [0.29, 0.717) is 36.0 Å². The molecular formula is C26H24ClF2N5O. The molecule has 1 aliphatic carbocycles. The first kappa shape index (κ1) is 23.4. The van der Waals surface area contributed by atoms with Crippen molar-refractivity contribution in [2.45, 2.75) is 44.2 Å². The van der Waals surface area contributed by atoms with Gasteiger partial charge in [0, 0.05) is 17.8 Å². The summed E-state index contributed by atoms with van der Waals surface area (Å²) in [5.41, 5.74) is 2.01. The average Bonchev–Trinajstić information content (AvgIpc) is 3.27. The largest absolute Gasteiger partial charge is 0.390 e. The van der Waals surface area contributed by atoms with Gasteiger partial charge < -0.3 is 15.0 Å². The third kappa shape index (κ3) is 5.04. The molecule has 2 heterocycles. The molecule has 2 N–H and O–H groups in total. The summed E-state index contributed by atoms with van der Waals surface area (Å²) in [7, 11) is 0. The summed E-state index contributed by atoms with van der Waals surface area (Å²) in [4.78, 5) is 13.6. The van der Waals surface area contributed by atoms with Gasteiger partial charge in [-0.2, -0.15) is 0 Å². The van der Waals surface area contributed by atoms with Crippen molar-refractivity contribution in [1.82, 2.24) is 19.5 Å². The molecule has 1 saturated carbocycles. The van der Waals surface area contributed by atoms with Gasteiger partial charge in [0.1, 0.15) is 17.5 Å². The normalized spacial score (nSPS) is 20.1. The van der Waals surface area contributed by atoms with Gasteiger partial charge in [-0.3, -0.25) is 0 Å². The van der Waals surface area contributed by atoms with E-state index in [1.54, 1.807) is 30.6 Å². The van der Waals surface area contributed by atoms with Crippen LogP contribution in [-0.2, 0) is 0 Å². The van der Waals surface area contributed by atoms with E-state index in [-0.39, 0.29) is 16.9 Å². The van der Waals surface area contributed by atoms with Crippen molar-refractivity contribution in [3.8, 4) is 22.8 Å². The van der Waals surface area contributed by atoms with Crippen LogP contribution in [0, 0.1) is 11.6 Å². The minimum absolute atomic E-state index is 0.0886. The molecule has 0 spiro atoms. The Labute approximate surface area is 206 Å². The molecule has 0 amide bonds. The second-order valence-electron chi connectivity index (χ2n) is 9.09. The molecule has 35 heavy (non-hydrogen) atoms. The maximum absolute atomic E-state index is 13.6. The number of benzene rings is 2. The maximum Gasteiger partial charge on any atom is 0.227 e. The second kappa shape index (κ2) is 9.36. The number of nitrogens with zero attached hydrogens (tertiary/aromatic N) is 4. The molecule has 5 rings (SSSR count). The van der Waals surface area contributed by atoms with E-state index in [2.05, 4.69) is 24.8 Å². The van der Waals surface area contributed by atoms with Gasteiger partial charge >= 0.3 is 0 Å². The van der Waals surface area contributed by atoms with E-state index >= 15 is 0 Å². The molecule has 0 bridgehead atoms. The number of aromatic nitrogens is 4. The lowest BCUT2D eigenvalue weighted by molar-refractivity contribution is 0.0103. The quantitative estimate of drug-likeness (QED) is 0.328. The zero-order valence-electron chi connectivity index (χ0n) is 19.0. The summed E-state index contributed by atoms with van der Waals surface area (Å²) in [5.74, 6) is 0.269. The molecule has 0 unspecified atom stereocenters. The Morgan fingerprint density at radius 1 is 1.03 bits per heavy atom.